The molecule has 0 amide bonds. The summed E-state index contributed by atoms with van der Waals surface area (Å²) in [4.78, 5) is 8.19. The number of benzene rings is 1. The second-order valence-electron chi connectivity index (χ2n) is 3.77. The molecule has 4 nitrogen and oxygen atoms in total. The lowest BCUT2D eigenvalue weighted by Crippen LogP contribution is -2.07. The summed E-state index contributed by atoms with van der Waals surface area (Å²) in [6, 6.07) is 4.73. The molecular formula is C12H12ClFN4. The Bertz CT molecular complexity index is 574. The van der Waals surface area contributed by atoms with Crippen molar-refractivity contribution in [3.8, 4) is 0 Å². The Morgan fingerprint density at radius 3 is 2.89 bits per heavy atom. The van der Waals surface area contributed by atoms with Crippen LogP contribution in [0.5, 0.6) is 0 Å². The van der Waals surface area contributed by atoms with Crippen LogP contribution in [0.1, 0.15) is 11.5 Å². The summed E-state index contributed by atoms with van der Waals surface area (Å²) in [5, 5.41) is 2.92. The van der Waals surface area contributed by atoms with Gasteiger partial charge in [0, 0.05) is 6.20 Å². The molecule has 0 spiro atoms. The van der Waals surface area contributed by atoms with E-state index in [4.69, 9.17) is 17.3 Å². The van der Waals surface area contributed by atoms with Crippen molar-refractivity contribution in [2.75, 3.05) is 11.1 Å². The van der Waals surface area contributed by atoms with E-state index in [1.807, 2.05) is 0 Å². The first-order chi connectivity index (χ1) is 8.58. The van der Waals surface area contributed by atoms with Crippen LogP contribution in [0.3, 0.4) is 0 Å². The quantitative estimate of drug-likeness (QED) is 0.839. The Morgan fingerprint density at radius 2 is 2.17 bits per heavy atom. The number of nitrogens with zero attached hydrogens (tertiary/aromatic N) is 2. The van der Waals surface area contributed by atoms with Gasteiger partial charge in [-0.05, 0) is 25.1 Å². The third kappa shape index (κ3) is 2.68. The van der Waals surface area contributed by atoms with Gasteiger partial charge in [0.05, 0.1) is 28.6 Å². The molecular weight excluding hydrogens is 255 g/mol. The van der Waals surface area contributed by atoms with Crippen LogP contribution in [0.25, 0.3) is 0 Å². The van der Waals surface area contributed by atoms with Crippen LogP contribution >= 0.6 is 11.6 Å². The molecule has 0 bridgehead atoms. The highest BCUT2D eigenvalue weighted by atomic mass is 35.5. The van der Waals surface area contributed by atoms with E-state index in [-0.39, 0.29) is 10.7 Å². The smallest absolute Gasteiger partial charge is 0.166 e. The van der Waals surface area contributed by atoms with Crippen LogP contribution in [0, 0.1) is 12.7 Å². The van der Waals surface area contributed by atoms with E-state index in [2.05, 4.69) is 15.3 Å². The second kappa shape index (κ2) is 5.18. The van der Waals surface area contributed by atoms with Crippen LogP contribution in [0.15, 0.2) is 24.4 Å². The minimum Gasteiger partial charge on any atom is -0.397 e. The number of halogens is 2. The monoisotopic (exact) mass is 266 g/mol. The van der Waals surface area contributed by atoms with Crippen LogP contribution in [0.4, 0.5) is 15.8 Å². The van der Waals surface area contributed by atoms with E-state index in [1.165, 1.54) is 6.07 Å². The Kier molecular flexibility index (Phi) is 3.62. The summed E-state index contributed by atoms with van der Waals surface area (Å²) in [6.07, 6.45) is 1.65. The highest BCUT2D eigenvalue weighted by Crippen LogP contribution is 2.28. The summed E-state index contributed by atoms with van der Waals surface area (Å²) < 4.78 is 13.7. The van der Waals surface area contributed by atoms with E-state index in [9.17, 15) is 4.39 Å². The van der Waals surface area contributed by atoms with E-state index < -0.39 is 5.82 Å². The minimum absolute atomic E-state index is 0.0329. The Hall–Kier alpha value is -1.88. The number of nitrogen functional groups attached to an aromatic ring is 1. The molecule has 2 rings (SSSR count). The number of aromatic nitrogens is 2. The average Bonchev–Trinajstić information content (AvgIpc) is 2.34. The van der Waals surface area contributed by atoms with Crippen LogP contribution in [0.2, 0.25) is 5.02 Å². The van der Waals surface area contributed by atoms with Crippen molar-refractivity contribution in [2.45, 2.75) is 13.5 Å². The fourth-order valence-corrected chi connectivity index (χ4v) is 1.69. The molecule has 94 valence electrons. The van der Waals surface area contributed by atoms with Gasteiger partial charge in [-0.3, -0.25) is 0 Å². The first-order valence-electron chi connectivity index (χ1n) is 5.34. The Labute approximate surface area is 109 Å². The predicted molar refractivity (Wildman–Crippen MR) is 69.9 cm³/mol. The molecule has 0 aliphatic carbocycles. The fourth-order valence-electron chi connectivity index (χ4n) is 1.53. The number of aryl methyl sites for hydroxylation is 1. The molecule has 0 saturated heterocycles. The molecule has 2 aromatic rings. The molecule has 0 radical (unpaired) electrons. The molecule has 1 heterocycles. The van der Waals surface area contributed by atoms with Gasteiger partial charge in [-0.2, -0.15) is 0 Å². The summed E-state index contributed by atoms with van der Waals surface area (Å²) in [5.74, 6) is 0.108. The number of nitrogens with two attached hydrogens (primary N) is 1. The molecule has 0 fully saturated rings. The number of nitrogens with one attached hydrogen (secondary N) is 1. The number of hydrogen-bond acceptors (Lipinski definition) is 4. The number of anilines is 2. The Balaban J connectivity index is 2.18. The molecule has 0 atom stereocenters. The first-order valence-corrected chi connectivity index (χ1v) is 5.71. The van der Waals surface area contributed by atoms with E-state index in [1.54, 1.807) is 25.3 Å². The van der Waals surface area contributed by atoms with Crippen molar-refractivity contribution in [1.29, 1.82) is 0 Å². The fraction of sp³-hybridized carbons (Fsp3) is 0.167. The van der Waals surface area contributed by atoms with Crippen LogP contribution < -0.4 is 11.1 Å². The predicted octanol–water partition coefficient (Wildman–Crippen LogP) is 2.77. The standard InChI is InChI=1S/C12H12ClFN4/c1-7-16-5-4-8(18-7)6-17-12-10(15)3-2-9(13)11(12)14/h2-5,17H,6,15H2,1H3. The minimum atomic E-state index is -0.553. The SMILES string of the molecule is Cc1nccc(CNc2c(N)ccc(Cl)c2F)n1. The molecule has 0 aliphatic heterocycles. The average molecular weight is 267 g/mol. The van der Waals surface area contributed by atoms with Gasteiger partial charge in [-0.1, -0.05) is 11.6 Å². The summed E-state index contributed by atoms with van der Waals surface area (Å²) in [7, 11) is 0. The third-order valence-electron chi connectivity index (χ3n) is 2.41. The molecule has 0 unspecified atom stereocenters. The van der Waals surface area contributed by atoms with Crippen molar-refractivity contribution >= 4 is 23.0 Å². The summed E-state index contributed by atoms with van der Waals surface area (Å²) >= 11 is 5.70. The summed E-state index contributed by atoms with van der Waals surface area (Å²) in [5.41, 5.74) is 6.94. The van der Waals surface area contributed by atoms with Crippen LogP contribution in [-0.4, -0.2) is 9.97 Å². The van der Waals surface area contributed by atoms with Crippen molar-refractivity contribution in [2.24, 2.45) is 0 Å². The zero-order chi connectivity index (χ0) is 13.1. The van der Waals surface area contributed by atoms with Gasteiger partial charge < -0.3 is 11.1 Å². The van der Waals surface area contributed by atoms with Crippen molar-refractivity contribution in [3.63, 3.8) is 0 Å². The van der Waals surface area contributed by atoms with E-state index in [0.717, 1.165) is 5.69 Å². The molecule has 1 aromatic carbocycles. The molecule has 1 aromatic heterocycles. The van der Waals surface area contributed by atoms with Gasteiger partial charge in [0.25, 0.3) is 0 Å². The van der Waals surface area contributed by atoms with E-state index in [0.29, 0.717) is 18.1 Å². The molecule has 6 heteroatoms. The van der Waals surface area contributed by atoms with Gasteiger partial charge in [0.2, 0.25) is 0 Å². The van der Waals surface area contributed by atoms with Crippen LogP contribution in [-0.2, 0) is 6.54 Å². The molecule has 0 aliphatic rings. The highest BCUT2D eigenvalue weighted by molar-refractivity contribution is 6.31. The normalized spacial score (nSPS) is 10.4. The van der Waals surface area contributed by atoms with Crippen molar-refractivity contribution in [3.05, 3.63) is 46.8 Å². The zero-order valence-electron chi connectivity index (χ0n) is 9.74. The van der Waals surface area contributed by atoms with Gasteiger partial charge in [-0.25, -0.2) is 14.4 Å². The zero-order valence-corrected chi connectivity index (χ0v) is 10.5. The van der Waals surface area contributed by atoms with Crippen molar-refractivity contribution < 1.29 is 4.39 Å². The third-order valence-corrected chi connectivity index (χ3v) is 2.70. The van der Waals surface area contributed by atoms with Gasteiger partial charge in [-0.15, -0.1) is 0 Å². The summed E-state index contributed by atoms with van der Waals surface area (Å²) in [6.45, 7) is 2.14. The topological polar surface area (TPSA) is 63.8 Å². The molecule has 3 N–H and O–H groups in total. The number of rotatable bonds is 3. The highest BCUT2D eigenvalue weighted by Gasteiger charge is 2.10. The maximum atomic E-state index is 13.7. The second-order valence-corrected chi connectivity index (χ2v) is 4.18. The lowest BCUT2D eigenvalue weighted by Gasteiger charge is -2.11. The Morgan fingerprint density at radius 1 is 1.39 bits per heavy atom. The molecule has 0 saturated carbocycles. The first kappa shape index (κ1) is 12.6. The maximum Gasteiger partial charge on any atom is 0.166 e. The van der Waals surface area contributed by atoms with Gasteiger partial charge in [0.15, 0.2) is 5.82 Å². The molecule has 18 heavy (non-hydrogen) atoms. The lowest BCUT2D eigenvalue weighted by atomic mass is 10.2. The van der Waals surface area contributed by atoms with E-state index >= 15 is 0 Å². The lowest BCUT2D eigenvalue weighted by molar-refractivity contribution is 0.631. The maximum absolute atomic E-state index is 13.7. The largest absolute Gasteiger partial charge is 0.397 e. The van der Waals surface area contributed by atoms with Gasteiger partial charge in [0.1, 0.15) is 5.82 Å². The number of hydrogen-bond donors (Lipinski definition) is 2. The van der Waals surface area contributed by atoms with Gasteiger partial charge >= 0.3 is 0 Å². The van der Waals surface area contributed by atoms with Crippen molar-refractivity contribution in [1.82, 2.24) is 9.97 Å².